The number of carbonyl (C=O) groups excluding carboxylic acids is 2. The lowest BCUT2D eigenvalue weighted by atomic mass is 10.1. The molecule has 2 aliphatic rings. The second-order valence-corrected chi connectivity index (χ2v) is 19.3. The number of benzene rings is 4. The van der Waals surface area contributed by atoms with Crippen molar-refractivity contribution in [3.8, 4) is 23.0 Å². The van der Waals surface area contributed by atoms with Gasteiger partial charge in [0.15, 0.2) is 11.5 Å². The van der Waals surface area contributed by atoms with Crippen molar-refractivity contribution in [2.75, 3.05) is 76.1 Å². The van der Waals surface area contributed by atoms with Crippen LogP contribution in [-0.4, -0.2) is 129 Å². The van der Waals surface area contributed by atoms with Gasteiger partial charge in [-0.3, -0.25) is 13.9 Å². The number of carbonyl (C=O) groups is 3. The minimum atomic E-state index is -4.19. The molecule has 0 aliphatic carbocycles. The number of carboxylic acids is 1. The number of aromatic nitrogens is 4. The van der Waals surface area contributed by atoms with Gasteiger partial charge in [-0.05, 0) is 61.4 Å². The first-order chi connectivity index (χ1) is 35.1. The number of sulfonamides is 2. The number of piperazine rings is 2. The van der Waals surface area contributed by atoms with Gasteiger partial charge < -0.3 is 46.1 Å². The van der Waals surface area contributed by atoms with Gasteiger partial charge in [0.05, 0.1) is 16.9 Å². The highest BCUT2D eigenvalue weighted by Crippen LogP contribution is 2.39. The lowest BCUT2D eigenvalue weighted by Crippen LogP contribution is -2.46. The fourth-order valence-electron chi connectivity index (χ4n) is 6.89. The fraction of sp³-hybridized carbons (Fsp3) is 0.327. The van der Waals surface area contributed by atoms with Gasteiger partial charge >= 0.3 is 12.0 Å². The molecule has 0 unspecified atom stereocenters. The molecule has 73 heavy (non-hydrogen) atoms. The summed E-state index contributed by atoms with van der Waals surface area (Å²) in [6.07, 6.45) is 12.8. The summed E-state index contributed by atoms with van der Waals surface area (Å²) in [5.74, 6) is -0.525. The van der Waals surface area contributed by atoms with E-state index in [1.165, 1.54) is 33.9 Å². The Kier molecular flexibility index (Phi) is 22.3. The van der Waals surface area contributed by atoms with E-state index in [-0.39, 0.29) is 50.0 Å². The number of carboxylic acid groups (broad SMARTS) is 1. The van der Waals surface area contributed by atoms with Crippen molar-refractivity contribution in [3.63, 3.8) is 0 Å². The number of rotatable bonds is 16. The minimum absolute atomic E-state index is 0.0187. The van der Waals surface area contributed by atoms with E-state index in [0.29, 0.717) is 56.5 Å². The third-order valence-corrected chi connectivity index (χ3v) is 12.5. The molecule has 4 heterocycles. The molecule has 2 fully saturated rings. The van der Waals surface area contributed by atoms with Crippen molar-refractivity contribution in [1.82, 2.24) is 40.0 Å². The summed E-state index contributed by atoms with van der Waals surface area (Å²) in [7, 11) is -8.33. The van der Waals surface area contributed by atoms with Crippen LogP contribution in [0.5, 0.6) is 23.0 Å². The predicted octanol–water partition coefficient (Wildman–Crippen LogP) is 5.20. The number of nitrogens with one attached hydrogen (secondary N) is 5. The van der Waals surface area contributed by atoms with Gasteiger partial charge in [-0.2, -0.15) is 0 Å². The van der Waals surface area contributed by atoms with Gasteiger partial charge in [0.25, 0.3) is 5.91 Å². The van der Waals surface area contributed by atoms with Crippen LogP contribution in [0.1, 0.15) is 60.2 Å². The van der Waals surface area contributed by atoms with Gasteiger partial charge in [-0.1, -0.05) is 63.1 Å². The highest BCUT2D eigenvalue weighted by atomic mass is 32.2. The molecule has 0 saturated carbocycles. The molecule has 2 saturated heterocycles. The number of amides is 1. The zero-order valence-corrected chi connectivity index (χ0v) is 42.4. The van der Waals surface area contributed by atoms with Crippen LogP contribution >= 0.6 is 0 Å². The first-order valence-electron chi connectivity index (χ1n) is 23.6. The second kappa shape index (κ2) is 28.7. The van der Waals surface area contributed by atoms with Crippen LogP contribution < -0.4 is 46.3 Å². The van der Waals surface area contributed by atoms with E-state index in [4.69, 9.17) is 19.8 Å². The standard InChI is InChI=1S/C21H28N4O4S.C17H20N2O5S.C7H6N4O.C4H10N2/c1-2-3-9-24-18-14-16(21(26)25-12-10-23-11-13-25)15-19(30(22,27)28)20(18)29-17-7-5-4-6-8-17;1-2-3-9-19-14-10-12(17(20)21)11-15(25(18,22)23)16(14)24-13-7-5-4-6-8-13;12-7(10-3-1-8-5-10)11-4-2-9-6-11;1-2-6-4-3-5-1/h4-8,14-15,23-24H,2-3,9-13H2,1H3,(H2,22,27,28);4-8,10-11,19H,2-3,9H2,1H3,(H,20,21)(H2,18,22,23);1-6H;5-6H,1-4H2. The number of imidazole rings is 2. The summed E-state index contributed by atoms with van der Waals surface area (Å²) in [5.41, 5.74) is 0.766. The van der Waals surface area contributed by atoms with Crippen LogP contribution in [0.2, 0.25) is 0 Å². The summed E-state index contributed by atoms with van der Waals surface area (Å²) < 4.78 is 63.2. The maximum absolute atomic E-state index is 13.0. The fourth-order valence-corrected chi connectivity index (χ4v) is 8.29. The summed E-state index contributed by atoms with van der Waals surface area (Å²) >= 11 is 0. The van der Waals surface area contributed by atoms with E-state index in [1.54, 1.807) is 90.4 Å². The number of unbranched alkanes of at least 4 members (excludes halogenated alkanes) is 2. The van der Waals surface area contributed by atoms with Crippen LogP contribution in [0.3, 0.4) is 0 Å². The van der Waals surface area contributed by atoms with E-state index in [1.807, 2.05) is 13.0 Å². The summed E-state index contributed by atoms with van der Waals surface area (Å²) in [6.45, 7) is 12.3. The highest BCUT2D eigenvalue weighted by Gasteiger charge is 2.27. The van der Waals surface area contributed by atoms with E-state index < -0.39 is 26.0 Å². The zero-order valence-electron chi connectivity index (χ0n) is 40.8. The van der Waals surface area contributed by atoms with Crippen molar-refractivity contribution in [3.05, 3.63) is 133 Å². The smallest absolute Gasteiger partial charge is 0.338 e. The van der Waals surface area contributed by atoms with Crippen molar-refractivity contribution in [2.24, 2.45) is 10.3 Å². The molecule has 2 aliphatic heterocycles. The first-order valence-corrected chi connectivity index (χ1v) is 26.7. The molecule has 4 aromatic carbocycles. The van der Waals surface area contributed by atoms with Gasteiger partial charge in [0, 0.05) is 95.8 Å². The van der Waals surface area contributed by atoms with Gasteiger partial charge in [0.2, 0.25) is 20.0 Å². The number of hydrogen-bond donors (Lipinski definition) is 8. The maximum Gasteiger partial charge on any atom is 0.338 e. The van der Waals surface area contributed by atoms with Crippen molar-refractivity contribution in [1.29, 1.82) is 0 Å². The molecule has 10 N–H and O–H groups in total. The summed E-state index contributed by atoms with van der Waals surface area (Å²) in [6, 6.07) is 22.6. The number of aromatic carboxylic acids is 1. The molecule has 8 rings (SSSR count). The average Bonchev–Trinajstić information content (AvgIpc) is 4.15. The Morgan fingerprint density at radius 1 is 0.630 bits per heavy atom. The first kappa shape index (κ1) is 56.7. The lowest BCUT2D eigenvalue weighted by molar-refractivity contribution is 0.0694. The van der Waals surface area contributed by atoms with Crippen molar-refractivity contribution in [2.45, 2.75) is 49.3 Å². The molecule has 0 spiro atoms. The van der Waals surface area contributed by atoms with E-state index >= 15 is 0 Å². The molecule has 24 heteroatoms. The van der Waals surface area contributed by atoms with E-state index in [0.717, 1.165) is 57.9 Å². The van der Waals surface area contributed by atoms with Crippen LogP contribution in [-0.2, 0) is 20.0 Å². The quantitative estimate of drug-likeness (QED) is 0.0578. The van der Waals surface area contributed by atoms with Gasteiger partial charge in [0.1, 0.15) is 33.9 Å². The zero-order chi connectivity index (χ0) is 52.6. The molecule has 0 radical (unpaired) electrons. The number of primary sulfonamides is 2. The topological polar surface area (TPSA) is 309 Å². The van der Waals surface area contributed by atoms with Crippen LogP contribution in [0, 0.1) is 0 Å². The Hall–Kier alpha value is -7.19. The molecule has 22 nitrogen and oxygen atoms in total. The molecule has 392 valence electrons. The van der Waals surface area contributed by atoms with Crippen LogP contribution in [0.15, 0.2) is 132 Å². The Morgan fingerprint density at radius 2 is 1.04 bits per heavy atom. The molecule has 0 bridgehead atoms. The number of nitrogens with zero attached hydrogens (tertiary/aromatic N) is 5. The molecule has 6 aromatic rings. The molecule has 2 aromatic heterocycles. The van der Waals surface area contributed by atoms with Gasteiger partial charge in [-0.25, -0.2) is 46.7 Å². The number of anilines is 2. The largest absolute Gasteiger partial charge is 0.478 e. The summed E-state index contributed by atoms with van der Waals surface area (Å²) in [4.78, 5) is 44.4. The van der Waals surface area contributed by atoms with Crippen molar-refractivity contribution >= 4 is 49.3 Å². The molecule has 1 amide bonds. The van der Waals surface area contributed by atoms with E-state index in [9.17, 15) is 36.3 Å². The molecular weight excluding hydrogens is 981 g/mol. The Labute approximate surface area is 425 Å². The number of hydrogen-bond acceptors (Lipinski definition) is 16. The third-order valence-electron chi connectivity index (χ3n) is 10.6. The maximum atomic E-state index is 13.0. The Balaban J connectivity index is 0.000000204. The number of ether oxygens (including phenoxy) is 2. The van der Waals surface area contributed by atoms with E-state index in [2.05, 4.69) is 43.5 Å². The predicted molar refractivity (Wildman–Crippen MR) is 278 cm³/mol. The second-order valence-electron chi connectivity index (χ2n) is 16.3. The monoisotopic (exact) mass is 1040 g/mol. The highest BCUT2D eigenvalue weighted by molar-refractivity contribution is 7.89. The Morgan fingerprint density at radius 3 is 1.41 bits per heavy atom. The number of nitrogens with two attached hydrogens (primary N) is 2. The molecular formula is C49H64N12O10S2. The number of para-hydroxylation sites is 2. The lowest BCUT2D eigenvalue weighted by Gasteiger charge is -2.28. The summed E-state index contributed by atoms with van der Waals surface area (Å²) in [5, 5.41) is 35.9. The average molecular weight is 1050 g/mol. The normalized spacial score (nSPS) is 13.3. The van der Waals surface area contributed by atoms with Gasteiger partial charge in [-0.15, -0.1) is 0 Å². The molecule has 0 atom stereocenters. The SMILES string of the molecule is C1CNCCN1.CCCCNc1cc(C(=O)N2CCNCC2)cc(S(N)(=O)=O)c1Oc1ccccc1.CCCCNc1cc(C(=O)O)cc(S(N)(=O)=O)c1Oc1ccccc1.O=C(n1ccnc1)n1ccnc1. The van der Waals surface area contributed by atoms with Crippen LogP contribution in [0.25, 0.3) is 0 Å². The third kappa shape index (κ3) is 18.1. The van der Waals surface area contributed by atoms with Crippen LogP contribution in [0.4, 0.5) is 16.2 Å². The Bertz CT molecular complexity index is 2840. The minimum Gasteiger partial charge on any atom is -0.478 e. The van der Waals surface area contributed by atoms with Crippen molar-refractivity contribution < 1.29 is 45.8 Å².